The van der Waals surface area contributed by atoms with Gasteiger partial charge in [-0.2, -0.15) is 0 Å². The molecule has 0 radical (unpaired) electrons. The summed E-state index contributed by atoms with van der Waals surface area (Å²) in [5.41, 5.74) is 2.58. The fraction of sp³-hybridized carbons (Fsp3) is 0.467. The first-order valence-electron chi connectivity index (χ1n) is 6.13. The van der Waals surface area contributed by atoms with Gasteiger partial charge in [0, 0.05) is 5.92 Å². The molecule has 1 nitrogen and oxygen atoms in total. The van der Waals surface area contributed by atoms with Gasteiger partial charge in [-0.1, -0.05) is 50.3 Å². The van der Waals surface area contributed by atoms with Crippen molar-refractivity contribution in [2.24, 2.45) is 5.92 Å². The molecule has 0 aromatic heterocycles. The van der Waals surface area contributed by atoms with Crippen molar-refractivity contribution in [3.8, 4) is 0 Å². The van der Waals surface area contributed by atoms with Crippen LogP contribution in [0.3, 0.4) is 0 Å². The summed E-state index contributed by atoms with van der Waals surface area (Å²) in [4.78, 5) is 0. The largest absolute Gasteiger partial charge is 0.389 e. The van der Waals surface area contributed by atoms with Crippen LogP contribution >= 0.6 is 0 Å². The molecule has 86 valence electrons. The molecule has 0 bridgehead atoms. The normalized spacial score (nSPS) is 25.6. The molecule has 16 heavy (non-hydrogen) atoms. The van der Waals surface area contributed by atoms with Gasteiger partial charge in [0.2, 0.25) is 0 Å². The summed E-state index contributed by atoms with van der Waals surface area (Å²) in [6.45, 7) is 4.31. The minimum Gasteiger partial charge on any atom is -0.389 e. The minimum absolute atomic E-state index is 0.222. The topological polar surface area (TPSA) is 20.2 Å². The Morgan fingerprint density at radius 2 is 1.81 bits per heavy atom. The van der Waals surface area contributed by atoms with E-state index < -0.39 is 0 Å². The number of rotatable bonds is 2. The van der Waals surface area contributed by atoms with E-state index in [2.05, 4.69) is 44.2 Å². The Morgan fingerprint density at radius 3 is 2.44 bits per heavy atom. The third kappa shape index (κ3) is 2.35. The molecule has 0 unspecified atom stereocenters. The van der Waals surface area contributed by atoms with E-state index >= 15 is 0 Å². The molecule has 2 rings (SSSR count). The van der Waals surface area contributed by atoms with E-state index in [0.717, 1.165) is 12.8 Å². The molecule has 0 saturated heterocycles. The van der Waals surface area contributed by atoms with E-state index in [-0.39, 0.29) is 6.10 Å². The highest BCUT2D eigenvalue weighted by Gasteiger charge is 2.23. The van der Waals surface area contributed by atoms with Crippen LogP contribution in [-0.4, -0.2) is 11.2 Å². The van der Waals surface area contributed by atoms with Gasteiger partial charge in [0.05, 0.1) is 6.10 Å². The third-order valence-corrected chi connectivity index (χ3v) is 3.42. The van der Waals surface area contributed by atoms with Gasteiger partial charge in [0.1, 0.15) is 0 Å². The first-order chi connectivity index (χ1) is 7.68. The summed E-state index contributed by atoms with van der Waals surface area (Å²) in [6.07, 6.45) is 4.00. The van der Waals surface area contributed by atoms with Crippen LogP contribution in [0.1, 0.15) is 38.2 Å². The van der Waals surface area contributed by atoms with Crippen LogP contribution in [0.4, 0.5) is 0 Å². The van der Waals surface area contributed by atoms with Gasteiger partial charge in [-0.15, -0.1) is 0 Å². The molecule has 1 aliphatic carbocycles. The zero-order chi connectivity index (χ0) is 11.5. The monoisotopic (exact) mass is 216 g/mol. The van der Waals surface area contributed by atoms with Gasteiger partial charge in [0.25, 0.3) is 0 Å². The zero-order valence-electron chi connectivity index (χ0n) is 10.1. The molecular formula is C15H20O. The first-order valence-corrected chi connectivity index (χ1v) is 6.13. The highest BCUT2D eigenvalue weighted by Crippen LogP contribution is 2.33. The predicted molar refractivity (Wildman–Crippen MR) is 67.3 cm³/mol. The standard InChI is InChI=1S/C15H20O/c1-11(2)14-10-13(8-9-15(14)16)12-6-4-3-5-7-12/h3-7,10-11,13,15-16H,8-9H2,1-2H3/t13-,15-/m0/s1. The second-order valence-corrected chi connectivity index (χ2v) is 4.93. The van der Waals surface area contributed by atoms with Crippen LogP contribution in [0, 0.1) is 5.92 Å². The van der Waals surface area contributed by atoms with Gasteiger partial charge in [-0.25, -0.2) is 0 Å². The van der Waals surface area contributed by atoms with E-state index in [1.165, 1.54) is 11.1 Å². The van der Waals surface area contributed by atoms with Crippen molar-refractivity contribution in [1.82, 2.24) is 0 Å². The summed E-state index contributed by atoms with van der Waals surface area (Å²) < 4.78 is 0. The average Bonchev–Trinajstić information content (AvgIpc) is 2.30. The van der Waals surface area contributed by atoms with Crippen LogP contribution in [0.15, 0.2) is 42.0 Å². The average molecular weight is 216 g/mol. The van der Waals surface area contributed by atoms with E-state index in [4.69, 9.17) is 0 Å². The smallest absolute Gasteiger partial charge is 0.0753 e. The molecule has 1 aromatic rings. The number of hydrogen-bond acceptors (Lipinski definition) is 1. The van der Waals surface area contributed by atoms with Crippen LogP contribution in [0.5, 0.6) is 0 Å². The van der Waals surface area contributed by atoms with E-state index in [0.29, 0.717) is 11.8 Å². The molecule has 0 saturated carbocycles. The molecule has 1 N–H and O–H groups in total. The molecule has 0 fully saturated rings. The van der Waals surface area contributed by atoms with Crippen LogP contribution < -0.4 is 0 Å². The lowest BCUT2D eigenvalue weighted by Gasteiger charge is -2.28. The lowest BCUT2D eigenvalue weighted by Crippen LogP contribution is -2.21. The van der Waals surface area contributed by atoms with E-state index in [1.54, 1.807) is 0 Å². The highest BCUT2D eigenvalue weighted by molar-refractivity contribution is 5.29. The maximum Gasteiger partial charge on any atom is 0.0753 e. The lowest BCUT2D eigenvalue weighted by atomic mass is 9.80. The second-order valence-electron chi connectivity index (χ2n) is 4.93. The van der Waals surface area contributed by atoms with E-state index in [9.17, 15) is 5.11 Å². The Bertz CT molecular complexity index is 364. The van der Waals surface area contributed by atoms with Crippen molar-refractivity contribution in [1.29, 1.82) is 0 Å². The Labute approximate surface area is 97.8 Å². The fourth-order valence-corrected chi connectivity index (χ4v) is 2.47. The number of allylic oxidation sites excluding steroid dienone is 1. The molecule has 0 amide bonds. The van der Waals surface area contributed by atoms with E-state index in [1.807, 2.05) is 6.07 Å². The Hall–Kier alpha value is -1.08. The van der Waals surface area contributed by atoms with Crippen LogP contribution in [0.2, 0.25) is 0 Å². The quantitative estimate of drug-likeness (QED) is 0.750. The molecule has 2 atom stereocenters. The summed E-state index contributed by atoms with van der Waals surface area (Å²) >= 11 is 0. The predicted octanol–water partition coefficient (Wildman–Crippen LogP) is 3.51. The number of benzene rings is 1. The SMILES string of the molecule is CC(C)C1=C[C@@H](c2ccccc2)CC[C@@H]1O. The molecule has 0 aliphatic heterocycles. The second kappa shape index (κ2) is 4.84. The molecule has 1 heteroatoms. The summed E-state index contributed by atoms with van der Waals surface area (Å²) in [6, 6.07) is 10.6. The van der Waals surface area contributed by atoms with Gasteiger partial charge in [-0.05, 0) is 29.9 Å². The van der Waals surface area contributed by atoms with Crippen LogP contribution in [0.25, 0.3) is 0 Å². The highest BCUT2D eigenvalue weighted by atomic mass is 16.3. The Morgan fingerprint density at radius 1 is 1.12 bits per heavy atom. The first kappa shape index (κ1) is 11.4. The Balaban J connectivity index is 2.25. The van der Waals surface area contributed by atoms with Crippen molar-refractivity contribution in [3.05, 3.63) is 47.5 Å². The Kier molecular flexibility index (Phi) is 3.45. The maximum absolute atomic E-state index is 9.94. The van der Waals surface area contributed by atoms with Gasteiger partial charge in [-0.3, -0.25) is 0 Å². The van der Waals surface area contributed by atoms with Crippen molar-refractivity contribution in [2.45, 2.75) is 38.7 Å². The van der Waals surface area contributed by atoms with Crippen molar-refractivity contribution >= 4 is 0 Å². The number of hydrogen-bond donors (Lipinski definition) is 1. The lowest BCUT2D eigenvalue weighted by molar-refractivity contribution is 0.177. The third-order valence-electron chi connectivity index (χ3n) is 3.42. The zero-order valence-corrected chi connectivity index (χ0v) is 10.1. The number of aliphatic hydroxyl groups is 1. The van der Waals surface area contributed by atoms with Crippen molar-refractivity contribution < 1.29 is 5.11 Å². The molecule has 0 heterocycles. The van der Waals surface area contributed by atoms with Gasteiger partial charge >= 0.3 is 0 Å². The summed E-state index contributed by atoms with van der Waals surface area (Å²) in [7, 11) is 0. The molecule has 1 aliphatic rings. The van der Waals surface area contributed by atoms with Crippen LogP contribution in [-0.2, 0) is 0 Å². The summed E-state index contributed by atoms with van der Waals surface area (Å²) in [5, 5.41) is 9.94. The summed E-state index contributed by atoms with van der Waals surface area (Å²) in [5.74, 6) is 0.934. The molecular weight excluding hydrogens is 196 g/mol. The van der Waals surface area contributed by atoms with Crippen molar-refractivity contribution in [3.63, 3.8) is 0 Å². The number of aliphatic hydroxyl groups excluding tert-OH is 1. The van der Waals surface area contributed by atoms with Gasteiger partial charge < -0.3 is 5.11 Å². The maximum atomic E-state index is 9.94. The molecule has 1 aromatic carbocycles. The molecule has 0 spiro atoms. The van der Waals surface area contributed by atoms with Gasteiger partial charge in [0.15, 0.2) is 0 Å². The minimum atomic E-state index is -0.222. The fourth-order valence-electron chi connectivity index (χ4n) is 2.47. The van der Waals surface area contributed by atoms with Crippen molar-refractivity contribution in [2.75, 3.05) is 0 Å².